The second kappa shape index (κ2) is 14.2. The summed E-state index contributed by atoms with van der Waals surface area (Å²) in [5, 5.41) is 12.0. The molecule has 0 saturated heterocycles. The number of hydrogen-bond donors (Lipinski definition) is 2. The lowest BCUT2D eigenvalue weighted by Crippen LogP contribution is -2.35. The third kappa shape index (κ3) is 12.8. The van der Waals surface area contributed by atoms with Crippen molar-refractivity contribution in [3.05, 3.63) is 12.2 Å². The van der Waals surface area contributed by atoms with Crippen molar-refractivity contribution < 1.29 is 14.7 Å². The molecule has 0 aromatic rings. The Labute approximate surface area is 141 Å². The molecule has 0 spiro atoms. The number of likely N-dealkylation sites (N-methyl/N-ethyl adjacent to an activating group) is 1. The summed E-state index contributed by atoms with van der Waals surface area (Å²) in [6.45, 7) is 2.80. The van der Waals surface area contributed by atoms with E-state index in [1.54, 1.807) is 19.0 Å². The Morgan fingerprint density at radius 1 is 1.09 bits per heavy atom. The average Bonchev–Trinajstić information content (AvgIpc) is 2.49. The first kappa shape index (κ1) is 21.6. The zero-order valence-electron chi connectivity index (χ0n) is 15.0. The molecule has 0 radical (unpaired) electrons. The average molecular weight is 326 g/mol. The summed E-state index contributed by atoms with van der Waals surface area (Å²) < 4.78 is 0. The summed E-state index contributed by atoms with van der Waals surface area (Å²) >= 11 is 0. The lowest BCUT2D eigenvalue weighted by molar-refractivity contribution is -0.142. The Morgan fingerprint density at radius 2 is 1.78 bits per heavy atom. The highest BCUT2D eigenvalue weighted by molar-refractivity contribution is 5.75. The number of nitrogens with zero attached hydrogens (tertiary/aromatic N) is 1. The van der Waals surface area contributed by atoms with Gasteiger partial charge in [-0.15, -0.1) is 0 Å². The van der Waals surface area contributed by atoms with Crippen molar-refractivity contribution in [1.29, 1.82) is 0 Å². The molecule has 1 amide bonds. The van der Waals surface area contributed by atoms with Crippen LogP contribution in [0.25, 0.3) is 0 Å². The van der Waals surface area contributed by atoms with Crippen LogP contribution in [0.2, 0.25) is 0 Å². The molecule has 0 aliphatic carbocycles. The number of hydrogen-bond acceptors (Lipinski definition) is 3. The molecule has 134 valence electrons. The first-order valence-corrected chi connectivity index (χ1v) is 8.80. The number of unbranched alkanes of at least 4 members (excludes halogenated alkanes) is 4. The van der Waals surface area contributed by atoms with Gasteiger partial charge in [-0.2, -0.15) is 0 Å². The minimum Gasteiger partial charge on any atom is -0.480 e. The third-order valence-corrected chi connectivity index (χ3v) is 3.78. The van der Waals surface area contributed by atoms with Crippen molar-refractivity contribution in [2.75, 3.05) is 20.6 Å². The second-order valence-corrected chi connectivity index (χ2v) is 6.17. The van der Waals surface area contributed by atoms with Crippen molar-refractivity contribution >= 4 is 11.9 Å². The Kier molecular flexibility index (Phi) is 13.4. The number of carboxylic acids is 1. The summed E-state index contributed by atoms with van der Waals surface area (Å²) in [4.78, 5) is 24.4. The van der Waals surface area contributed by atoms with Crippen LogP contribution >= 0.6 is 0 Å². The Hall–Kier alpha value is -1.36. The van der Waals surface area contributed by atoms with Gasteiger partial charge < -0.3 is 10.4 Å². The van der Waals surface area contributed by atoms with E-state index in [1.165, 1.54) is 6.42 Å². The van der Waals surface area contributed by atoms with Crippen LogP contribution in [0.4, 0.5) is 0 Å². The highest BCUT2D eigenvalue weighted by Gasteiger charge is 2.18. The van der Waals surface area contributed by atoms with E-state index in [-0.39, 0.29) is 5.91 Å². The number of carboxylic acid groups (broad SMARTS) is 1. The van der Waals surface area contributed by atoms with Gasteiger partial charge in [0.15, 0.2) is 0 Å². The molecular formula is C18H34N2O3. The van der Waals surface area contributed by atoms with Crippen LogP contribution in [-0.2, 0) is 9.59 Å². The van der Waals surface area contributed by atoms with Crippen LogP contribution in [0.15, 0.2) is 12.2 Å². The van der Waals surface area contributed by atoms with E-state index in [1.807, 2.05) is 0 Å². The molecule has 1 atom stereocenters. The van der Waals surface area contributed by atoms with Gasteiger partial charge in [0.25, 0.3) is 0 Å². The molecule has 5 nitrogen and oxygen atoms in total. The van der Waals surface area contributed by atoms with Crippen LogP contribution < -0.4 is 5.32 Å². The number of carbonyl (C=O) groups is 2. The number of nitrogens with one attached hydrogen (secondary N) is 1. The van der Waals surface area contributed by atoms with Gasteiger partial charge in [-0.25, -0.2) is 0 Å². The van der Waals surface area contributed by atoms with Crippen LogP contribution in [0, 0.1) is 0 Å². The van der Waals surface area contributed by atoms with E-state index in [2.05, 4.69) is 24.4 Å². The zero-order valence-corrected chi connectivity index (χ0v) is 15.0. The molecule has 0 aliphatic heterocycles. The Morgan fingerprint density at radius 3 is 2.39 bits per heavy atom. The quantitative estimate of drug-likeness (QED) is 0.380. The van der Waals surface area contributed by atoms with Gasteiger partial charge in [0, 0.05) is 13.0 Å². The molecular weight excluding hydrogens is 292 g/mol. The summed E-state index contributed by atoms with van der Waals surface area (Å²) in [7, 11) is 3.55. The van der Waals surface area contributed by atoms with E-state index in [0.717, 1.165) is 38.5 Å². The normalized spacial score (nSPS) is 12.7. The minimum absolute atomic E-state index is 0.102. The lowest BCUT2D eigenvalue weighted by atomic mass is 10.1. The summed E-state index contributed by atoms with van der Waals surface area (Å²) in [5.41, 5.74) is 0. The van der Waals surface area contributed by atoms with Crippen LogP contribution in [-0.4, -0.2) is 48.6 Å². The van der Waals surface area contributed by atoms with E-state index in [9.17, 15) is 9.59 Å². The smallest absolute Gasteiger partial charge is 0.320 e. The van der Waals surface area contributed by atoms with Gasteiger partial charge in [0.05, 0.1) is 0 Å². The molecule has 0 aromatic heterocycles. The highest BCUT2D eigenvalue weighted by Crippen LogP contribution is 2.06. The number of aliphatic carboxylic acids is 1. The first-order chi connectivity index (χ1) is 11.0. The lowest BCUT2D eigenvalue weighted by Gasteiger charge is -2.19. The maximum Gasteiger partial charge on any atom is 0.320 e. The van der Waals surface area contributed by atoms with Crippen molar-refractivity contribution in [2.45, 2.75) is 70.8 Å². The third-order valence-electron chi connectivity index (χ3n) is 3.78. The van der Waals surface area contributed by atoms with Crippen molar-refractivity contribution in [1.82, 2.24) is 10.2 Å². The van der Waals surface area contributed by atoms with Gasteiger partial charge >= 0.3 is 5.97 Å². The van der Waals surface area contributed by atoms with Crippen molar-refractivity contribution in [3.63, 3.8) is 0 Å². The predicted octanol–water partition coefficient (Wildman–Crippen LogP) is 3.20. The molecule has 5 heteroatoms. The van der Waals surface area contributed by atoms with E-state index in [4.69, 9.17) is 5.11 Å². The Bertz CT molecular complexity index is 354. The van der Waals surface area contributed by atoms with Gasteiger partial charge in [0.1, 0.15) is 6.04 Å². The molecule has 0 aliphatic rings. The van der Waals surface area contributed by atoms with E-state index in [0.29, 0.717) is 19.4 Å². The standard InChI is InChI=1S/C18H34N2O3/c1-4-5-6-7-8-9-10-14-17(21)19-15-12-11-13-16(18(22)23)20(2)3/h6-7,16H,4-5,8-15H2,1-3H3,(H,19,21)(H,22,23)/b7-6+/t16-/m0/s1. The Balaban J connectivity index is 3.55. The molecule has 2 N–H and O–H groups in total. The summed E-state index contributed by atoms with van der Waals surface area (Å²) in [6.07, 6.45) is 12.6. The summed E-state index contributed by atoms with van der Waals surface area (Å²) in [6, 6.07) is -0.438. The van der Waals surface area contributed by atoms with Crippen LogP contribution in [0.5, 0.6) is 0 Å². The fourth-order valence-corrected chi connectivity index (χ4v) is 2.33. The predicted molar refractivity (Wildman–Crippen MR) is 94.5 cm³/mol. The number of allylic oxidation sites excluding steroid dienone is 2. The van der Waals surface area contributed by atoms with Gasteiger partial charge in [0.2, 0.25) is 5.91 Å². The largest absolute Gasteiger partial charge is 0.480 e. The molecule has 0 rings (SSSR count). The number of rotatable bonds is 14. The fraction of sp³-hybridized carbons (Fsp3) is 0.778. The zero-order chi connectivity index (χ0) is 17.5. The van der Waals surface area contributed by atoms with Crippen molar-refractivity contribution in [2.24, 2.45) is 0 Å². The molecule has 0 saturated carbocycles. The van der Waals surface area contributed by atoms with Gasteiger partial charge in [-0.3, -0.25) is 14.5 Å². The molecule has 23 heavy (non-hydrogen) atoms. The highest BCUT2D eigenvalue weighted by atomic mass is 16.4. The maximum atomic E-state index is 11.7. The second-order valence-electron chi connectivity index (χ2n) is 6.17. The topological polar surface area (TPSA) is 69.6 Å². The first-order valence-electron chi connectivity index (χ1n) is 8.80. The fourth-order valence-electron chi connectivity index (χ4n) is 2.33. The van der Waals surface area contributed by atoms with E-state index >= 15 is 0 Å². The van der Waals surface area contributed by atoms with Gasteiger partial charge in [-0.05, 0) is 59.0 Å². The maximum absolute atomic E-state index is 11.7. The van der Waals surface area contributed by atoms with Crippen molar-refractivity contribution in [3.8, 4) is 0 Å². The number of carbonyl (C=O) groups excluding carboxylic acids is 1. The molecule has 0 unspecified atom stereocenters. The van der Waals surface area contributed by atoms with Crippen LogP contribution in [0.1, 0.15) is 64.7 Å². The molecule has 0 bridgehead atoms. The molecule has 0 aromatic carbocycles. The van der Waals surface area contributed by atoms with E-state index < -0.39 is 12.0 Å². The van der Waals surface area contributed by atoms with Gasteiger partial charge in [-0.1, -0.05) is 25.5 Å². The number of amides is 1. The SMILES string of the molecule is CCC/C=C/CCCCC(=O)NCCCC[C@@H](C(=O)O)N(C)C. The van der Waals surface area contributed by atoms with Crippen LogP contribution in [0.3, 0.4) is 0 Å². The minimum atomic E-state index is -0.785. The monoisotopic (exact) mass is 326 g/mol. The molecule has 0 fully saturated rings. The summed E-state index contributed by atoms with van der Waals surface area (Å²) in [5.74, 6) is -0.683. The molecule has 0 heterocycles.